The predicted octanol–water partition coefficient (Wildman–Crippen LogP) is 6.25. The second-order valence-electron chi connectivity index (χ2n) is 10.7. The summed E-state index contributed by atoms with van der Waals surface area (Å²) in [6, 6.07) is 13.9. The van der Waals surface area contributed by atoms with Crippen molar-refractivity contribution >= 4 is 11.8 Å². The summed E-state index contributed by atoms with van der Waals surface area (Å²) in [5.41, 5.74) is 5.96. The van der Waals surface area contributed by atoms with E-state index in [1.165, 1.54) is 6.42 Å². The number of hydrogen-bond donors (Lipinski definition) is 1. The molecule has 1 N–H and O–H groups in total. The summed E-state index contributed by atoms with van der Waals surface area (Å²) in [6.45, 7) is 3.97. The fourth-order valence-electron chi connectivity index (χ4n) is 6.27. The van der Waals surface area contributed by atoms with Gasteiger partial charge in [0, 0.05) is 29.3 Å². The topological polar surface area (TPSA) is 73.9 Å². The molecule has 0 amide bonds. The van der Waals surface area contributed by atoms with Crippen molar-refractivity contribution in [2.45, 2.75) is 76.7 Å². The largest absolute Gasteiger partial charge is 0.493 e. The molecule has 200 valence electrons. The summed E-state index contributed by atoms with van der Waals surface area (Å²) in [5, 5.41) is 3.47. The van der Waals surface area contributed by atoms with Crippen LogP contribution in [0.1, 0.15) is 80.4 Å². The minimum atomic E-state index is -0.442. The number of benzene rings is 2. The SMILES string of the molecule is COc1ccc([C@@H]2CC(=O)C3=C(C2)NC(C)=C(C(=O)OC2CCCCC2)[C@@H]3c2ccccc2C)cc1OC. The summed E-state index contributed by atoms with van der Waals surface area (Å²) in [4.78, 5) is 27.6. The van der Waals surface area contributed by atoms with Gasteiger partial charge in [-0.15, -0.1) is 0 Å². The van der Waals surface area contributed by atoms with Crippen molar-refractivity contribution < 1.29 is 23.8 Å². The van der Waals surface area contributed by atoms with Crippen molar-refractivity contribution in [2.24, 2.45) is 0 Å². The first-order valence-electron chi connectivity index (χ1n) is 13.6. The zero-order valence-corrected chi connectivity index (χ0v) is 22.8. The van der Waals surface area contributed by atoms with E-state index in [0.29, 0.717) is 35.5 Å². The van der Waals surface area contributed by atoms with Crippen molar-refractivity contribution in [1.82, 2.24) is 5.32 Å². The van der Waals surface area contributed by atoms with Crippen molar-refractivity contribution in [2.75, 3.05) is 14.2 Å². The van der Waals surface area contributed by atoms with E-state index in [2.05, 4.69) is 5.32 Å². The maximum absolute atomic E-state index is 13.9. The van der Waals surface area contributed by atoms with Gasteiger partial charge in [0.1, 0.15) is 6.10 Å². The quantitative estimate of drug-likeness (QED) is 0.459. The van der Waals surface area contributed by atoms with Crippen LogP contribution in [0.3, 0.4) is 0 Å². The van der Waals surface area contributed by atoms with Gasteiger partial charge in [-0.2, -0.15) is 0 Å². The Hall–Kier alpha value is -3.54. The molecule has 0 saturated heterocycles. The van der Waals surface area contributed by atoms with Gasteiger partial charge in [0.15, 0.2) is 17.3 Å². The van der Waals surface area contributed by atoms with Crippen LogP contribution in [-0.2, 0) is 14.3 Å². The van der Waals surface area contributed by atoms with Gasteiger partial charge >= 0.3 is 5.97 Å². The number of ketones is 1. The van der Waals surface area contributed by atoms with E-state index in [-0.39, 0.29) is 23.8 Å². The number of dihydropyridines is 1. The van der Waals surface area contributed by atoms with Gasteiger partial charge < -0.3 is 19.5 Å². The van der Waals surface area contributed by atoms with Gasteiger partial charge in [-0.3, -0.25) is 4.79 Å². The van der Waals surface area contributed by atoms with Crippen LogP contribution in [0.15, 0.2) is 65.0 Å². The standard InChI is InChI=1S/C32H37NO5/c1-19-10-8-9-13-24(19)30-29(32(35)38-23-11-6-5-7-12-23)20(2)33-25-16-22(17-26(34)31(25)30)21-14-15-27(36-3)28(18-21)37-4/h8-10,13-15,18,22-23,30,33H,5-7,11-12,16-17H2,1-4H3/t22-,30-/m0/s1. The number of ether oxygens (including phenoxy) is 3. The highest BCUT2D eigenvalue weighted by atomic mass is 16.5. The third kappa shape index (κ3) is 4.96. The zero-order valence-electron chi connectivity index (χ0n) is 22.8. The van der Waals surface area contributed by atoms with Gasteiger partial charge in [0.2, 0.25) is 0 Å². The Bertz CT molecular complexity index is 1300. The molecular formula is C32H37NO5. The fraction of sp³-hybridized carbons (Fsp3) is 0.438. The molecule has 2 aliphatic carbocycles. The fourth-order valence-corrected chi connectivity index (χ4v) is 6.27. The molecule has 0 radical (unpaired) electrons. The van der Waals surface area contributed by atoms with Gasteiger partial charge in [-0.1, -0.05) is 36.8 Å². The Balaban J connectivity index is 1.52. The molecule has 1 heterocycles. The van der Waals surface area contributed by atoms with Crippen molar-refractivity contribution in [3.05, 3.63) is 81.7 Å². The lowest BCUT2D eigenvalue weighted by Gasteiger charge is -2.37. The number of hydrogen-bond acceptors (Lipinski definition) is 6. The van der Waals surface area contributed by atoms with Crippen LogP contribution in [0.5, 0.6) is 11.5 Å². The summed E-state index contributed by atoms with van der Waals surface area (Å²) < 4.78 is 17.0. The molecule has 5 rings (SSSR count). The van der Waals surface area contributed by atoms with Gasteiger partial charge in [-0.25, -0.2) is 4.79 Å². The average Bonchev–Trinajstić information content (AvgIpc) is 2.92. The maximum atomic E-state index is 13.9. The lowest BCUT2D eigenvalue weighted by Crippen LogP contribution is -2.37. The number of nitrogens with one attached hydrogen (secondary N) is 1. The molecule has 6 nitrogen and oxygen atoms in total. The molecule has 2 atom stereocenters. The first-order chi connectivity index (χ1) is 18.4. The Morgan fingerprint density at radius 1 is 0.921 bits per heavy atom. The Kier molecular flexibility index (Phi) is 7.59. The molecule has 0 unspecified atom stereocenters. The first kappa shape index (κ1) is 26.1. The predicted molar refractivity (Wildman–Crippen MR) is 146 cm³/mol. The normalized spacial score (nSPS) is 22.1. The van der Waals surface area contributed by atoms with E-state index in [1.807, 2.05) is 56.3 Å². The summed E-state index contributed by atoms with van der Waals surface area (Å²) >= 11 is 0. The van der Waals surface area contributed by atoms with E-state index in [4.69, 9.17) is 14.2 Å². The molecule has 1 saturated carbocycles. The van der Waals surface area contributed by atoms with E-state index >= 15 is 0 Å². The van der Waals surface area contributed by atoms with E-state index < -0.39 is 5.92 Å². The number of esters is 1. The third-order valence-electron chi connectivity index (χ3n) is 8.25. The smallest absolute Gasteiger partial charge is 0.337 e. The highest BCUT2D eigenvalue weighted by Gasteiger charge is 2.42. The van der Waals surface area contributed by atoms with E-state index in [1.54, 1.807) is 14.2 Å². The molecule has 3 aliphatic rings. The summed E-state index contributed by atoms with van der Waals surface area (Å²) in [5.74, 6) is 0.611. The lowest BCUT2D eigenvalue weighted by molar-refractivity contribution is -0.146. The molecule has 0 aromatic heterocycles. The number of carbonyl (C=O) groups is 2. The number of allylic oxidation sites excluding steroid dienone is 3. The third-order valence-corrected chi connectivity index (χ3v) is 8.25. The van der Waals surface area contributed by atoms with Crippen molar-refractivity contribution in [3.8, 4) is 11.5 Å². The van der Waals surface area contributed by atoms with Crippen LogP contribution in [0.25, 0.3) is 0 Å². The van der Waals surface area contributed by atoms with Crippen molar-refractivity contribution in [3.63, 3.8) is 0 Å². The molecule has 2 aromatic carbocycles. The second kappa shape index (κ2) is 11.1. The van der Waals surface area contributed by atoms with Crippen LogP contribution >= 0.6 is 0 Å². The highest BCUT2D eigenvalue weighted by molar-refractivity contribution is 6.04. The first-order valence-corrected chi connectivity index (χ1v) is 13.6. The second-order valence-corrected chi connectivity index (χ2v) is 10.7. The number of aryl methyl sites for hydroxylation is 1. The Labute approximate surface area is 225 Å². The highest BCUT2D eigenvalue weighted by Crippen LogP contribution is 2.47. The zero-order chi connectivity index (χ0) is 26.8. The molecule has 38 heavy (non-hydrogen) atoms. The minimum absolute atomic E-state index is 0.00498. The van der Waals surface area contributed by atoms with Crippen LogP contribution in [0.4, 0.5) is 0 Å². The number of carbonyl (C=O) groups excluding carboxylic acids is 2. The number of Topliss-reactive ketones (excluding diaryl/α,β-unsaturated/α-hetero) is 1. The van der Waals surface area contributed by atoms with Gasteiger partial charge in [0.05, 0.1) is 19.8 Å². The minimum Gasteiger partial charge on any atom is -0.493 e. The monoisotopic (exact) mass is 515 g/mol. The molecule has 1 aliphatic heterocycles. The average molecular weight is 516 g/mol. The Morgan fingerprint density at radius 3 is 2.37 bits per heavy atom. The molecular weight excluding hydrogens is 478 g/mol. The molecule has 6 heteroatoms. The van der Waals surface area contributed by atoms with Crippen LogP contribution in [0.2, 0.25) is 0 Å². The molecule has 2 aromatic rings. The van der Waals surface area contributed by atoms with Crippen LogP contribution in [0, 0.1) is 6.92 Å². The summed E-state index contributed by atoms with van der Waals surface area (Å²) in [6.07, 6.45) is 6.14. The molecule has 1 fully saturated rings. The van der Waals surface area contributed by atoms with E-state index in [0.717, 1.165) is 53.8 Å². The van der Waals surface area contributed by atoms with Crippen LogP contribution < -0.4 is 14.8 Å². The number of methoxy groups -OCH3 is 2. The molecule has 0 spiro atoms. The van der Waals surface area contributed by atoms with Gasteiger partial charge in [-0.05, 0) is 80.7 Å². The lowest BCUT2D eigenvalue weighted by atomic mass is 9.71. The molecule has 0 bridgehead atoms. The van der Waals surface area contributed by atoms with E-state index in [9.17, 15) is 9.59 Å². The maximum Gasteiger partial charge on any atom is 0.337 e. The van der Waals surface area contributed by atoms with Crippen molar-refractivity contribution in [1.29, 1.82) is 0 Å². The van der Waals surface area contributed by atoms with Gasteiger partial charge in [0.25, 0.3) is 0 Å². The van der Waals surface area contributed by atoms with Crippen LogP contribution in [-0.4, -0.2) is 32.1 Å². The number of rotatable bonds is 6. The Morgan fingerprint density at radius 2 is 1.66 bits per heavy atom. The summed E-state index contributed by atoms with van der Waals surface area (Å²) in [7, 11) is 3.23.